The van der Waals surface area contributed by atoms with Gasteiger partial charge in [0.25, 0.3) is 0 Å². The highest BCUT2D eigenvalue weighted by Crippen LogP contribution is 2.68. The Hall–Kier alpha value is -1.94. The summed E-state index contributed by atoms with van der Waals surface area (Å²) in [5.41, 5.74) is 2.25. The van der Waals surface area contributed by atoms with Crippen molar-refractivity contribution in [2.75, 3.05) is 14.2 Å². The molecule has 114 valence electrons. The van der Waals surface area contributed by atoms with Gasteiger partial charge < -0.3 is 14.2 Å². The van der Waals surface area contributed by atoms with Gasteiger partial charge in [-0.3, -0.25) is 4.57 Å². The molecule has 0 heterocycles. The Morgan fingerprint density at radius 1 is 1.05 bits per heavy atom. The van der Waals surface area contributed by atoms with E-state index in [4.69, 9.17) is 9.05 Å². The van der Waals surface area contributed by atoms with Gasteiger partial charge in [-0.15, -0.1) is 0 Å². The fraction of sp³-hybridized carbons (Fsp3) is 0.188. The maximum Gasteiger partial charge on any atom is 0.341 e. The summed E-state index contributed by atoms with van der Waals surface area (Å²) in [6.07, 6.45) is 0. The SMILES string of the molecule is COP(=O)(OC)[C@@H]1c2ccccc2-c2cccc(C(=O)O)c21. The first-order valence-electron chi connectivity index (χ1n) is 6.70. The van der Waals surface area contributed by atoms with Crippen molar-refractivity contribution in [1.82, 2.24) is 0 Å². The van der Waals surface area contributed by atoms with Crippen molar-refractivity contribution in [2.24, 2.45) is 0 Å². The molecule has 1 aliphatic rings. The lowest BCUT2D eigenvalue weighted by molar-refractivity contribution is 0.0696. The van der Waals surface area contributed by atoms with Crippen molar-refractivity contribution in [2.45, 2.75) is 5.66 Å². The van der Waals surface area contributed by atoms with Crippen LogP contribution in [0.3, 0.4) is 0 Å². The van der Waals surface area contributed by atoms with Crippen molar-refractivity contribution in [3.8, 4) is 11.1 Å². The van der Waals surface area contributed by atoms with Crippen LogP contribution in [0.4, 0.5) is 0 Å². The molecule has 0 amide bonds. The van der Waals surface area contributed by atoms with Gasteiger partial charge in [-0.05, 0) is 28.3 Å². The Bertz CT molecular complexity index is 791. The van der Waals surface area contributed by atoms with E-state index < -0.39 is 19.2 Å². The molecule has 5 nitrogen and oxygen atoms in total. The topological polar surface area (TPSA) is 72.8 Å². The summed E-state index contributed by atoms with van der Waals surface area (Å²) in [7, 11) is -0.896. The first-order valence-corrected chi connectivity index (χ1v) is 8.31. The molecule has 3 rings (SSSR count). The molecule has 0 aromatic heterocycles. The molecule has 1 aliphatic carbocycles. The van der Waals surface area contributed by atoms with Gasteiger partial charge in [0.1, 0.15) is 5.66 Å². The molecule has 1 atom stereocenters. The van der Waals surface area contributed by atoms with E-state index in [-0.39, 0.29) is 5.56 Å². The molecule has 22 heavy (non-hydrogen) atoms. The van der Waals surface area contributed by atoms with Crippen LogP contribution in [0.5, 0.6) is 0 Å². The second-order valence-electron chi connectivity index (χ2n) is 4.97. The van der Waals surface area contributed by atoms with Crippen molar-refractivity contribution in [3.05, 3.63) is 59.2 Å². The van der Waals surface area contributed by atoms with E-state index >= 15 is 0 Å². The van der Waals surface area contributed by atoms with Crippen LogP contribution >= 0.6 is 7.60 Å². The summed E-state index contributed by atoms with van der Waals surface area (Å²) < 4.78 is 23.3. The van der Waals surface area contributed by atoms with Crippen molar-refractivity contribution < 1.29 is 23.5 Å². The summed E-state index contributed by atoms with van der Waals surface area (Å²) in [6.45, 7) is 0. The number of benzene rings is 2. The minimum Gasteiger partial charge on any atom is -0.478 e. The largest absolute Gasteiger partial charge is 0.478 e. The van der Waals surface area contributed by atoms with Gasteiger partial charge in [0, 0.05) is 14.2 Å². The summed E-state index contributed by atoms with van der Waals surface area (Å²) >= 11 is 0. The lowest BCUT2D eigenvalue weighted by Crippen LogP contribution is -2.08. The molecule has 0 saturated carbocycles. The normalized spacial score (nSPS) is 16.2. The van der Waals surface area contributed by atoms with Gasteiger partial charge in [-0.2, -0.15) is 0 Å². The summed E-state index contributed by atoms with van der Waals surface area (Å²) in [5.74, 6) is -1.06. The van der Waals surface area contributed by atoms with E-state index in [1.165, 1.54) is 20.3 Å². The fourth-order valence-electron chi connectivity index (χ4n) is 3.03. The van der Waals surface area contributed by atoms with Crippen LogP contribution in [0.1, 0.15) is 27.1 Å². The lowest BCUT2D eigenvalue weighted by Gasteiger charge is -2.23. The third-order valence-electron chi connectivity index (χ3n) is 3.98. The molecular weight excluding hydrogens is 303 g/mol. The van der Waals surface area contributed by atoms with Gasteiger partial charge >= 0.3 is 13.6 Å². The van der Waals surface area contributed by atoms with Crippen LogP contribution in [0.2, 0.25) is 0 Å². The van der Waals surface area contributed by atoms with Crippen molar-refractivity contribution in [3.63, 3.8) is 0 Å². The van der Waals surface area contributed by atoms with E-state index in [0.717, 1.165) is 16.7 Å². The van der Waals surface area contributed by atoms with E-state index in [1.54, 1.807) is 6.07 Å². The van der Waals surface area contributed by atoms with Crippen molar-refractivity contribution >= 4 is 13.6 Å². The number of hydrogen-bond donors (Lipinski definition) is 1. The molecule has 6 heteroatoms. The summed E-state index contributed by atoms with van der Waals surface area (Å²) in [5, 5.41) is 9.49. The predicted octanol–water partition coefficient (Wildman–Crippen LogP) is 3.94. The van der Waals surface area contributed by atoms with Gasteiger partial charge in [0.05, 0.1) is 5.56 Å². The first kappa shape index (κ1) is 15.0. The van der Waals surface area contributed by atoms with Gasteiger partial charge in [0.2, 0.25) is 0 Å². The summed E-state index contributed by atoms with van der Waals surface area (Å²) in [6, 6.07) is 12.4. The number of carboxylic acids is 1. The molecule has 0 unspecified atom stereocenters. The molecule has 0 spiro atoms. The van der Waals surface area contributed by atoms with Crippen LogP contribution in [0.15, 0.2) is 42.5 Å². The zero-order chi connectivity index (χ0) is 15.9. The van der Waals surface area contributed by atoms with Crippen LogP contribution < -0.4 is 0 Å². The Morgan fingerprint density at radius 2 is 1.68 bits per heavy atom. The Morgan fingerprint density at radius 3 is 2.32 bits per heavy atom. The smallest absolute Gasteiger partial charge is 0.341 e. The molecule has 1 N–H and O–H groups in total. The molecule has 2 aromatic carbocycles. The standard InChI is InChI=1S/C16H15O5P/c1-20-22(19,21-2)15-12-7-4-3-6-10(12)11-8-5-9-13(14(11)15)16(17)18/h3-9,15H,1-2H3,(H,17,18)/t15-/m1/s1. The molecule has 0 radical (unpaired) electrons. The average Bonchev–Trinajstić information content (AvgIpc) is 2.89. The third-order valence-corrected chi connectivity index (χ3v) is 6.17. The number of aromatic carboxylic acids is 1. The van der Waals surface area contributed by atoms with Crippen LogP contribution in [-0.4, -0.2) is 25.3 Å². The Balaban J connectivity index is 2.38. The minimum absolute atomic E-state index is 0.119. The van der Waals surface area contributed by atoms with E-state index in [1.807, 2.05) is 30.3 Å². The molecule has 0 saturated heterocycles. The lowest BCUT2D eigenvalue weighted by atomic mass is 10.0. The predicted molar refractivity (Wildman–Crippen MR) is 82.3 cm³/mol. The maximum absolute atomic E-state index is 13.0. The molecule has 0 fully saturated rings. The molecule has 2 aromatic rings. The monoisotopic (exact) mass is 318 g/mol. The van der Waals surface area contributed by atoms with Gasteiger partial charge in [-0.25, -0.2) is 4.79 Å². The zero-order valence-corrected chi connectivity index (χ0v) is 13.0. The molecule has 0 bridgehead atoms. The fourth-order valence-corrected chi connectivity index (χ4v) is 4.76. The van der Waals surface area contributed by atoms with Crippen molar-refractivity contribution in [1.29, 1.82) is 0 Å². The molecule has 0 aliphatic heterocycles. The summed E-state index contributed by atoms with van der Waals surface area (Å²) in [4.78, 5) is 11.6. The Kier molecular flexibility index (Phi) is 3.65. The quantitative estimate of drug-likeness (QED) is 0.864. The van der Waals surface area contributed by atoms with Crippen LogP contribution in [0.25, 0.3) is 11.1 Å². The highest BCUT2D eigenvalue weighted by Gasteiger charge is 2.45. The first-order chi connectivity index (χ1) is 10.5. The Labute approximate surface area is 128 Å². The maximum atomic E-state index is 13.0. The zero-order valence-electron chi connectivity index (χ0n) is 12.1. The molecular formula is C16H15O5P. The second-order valence-corrected chi connectivity index (χ2v) is 7.29. The number of carbonyl (C=O) groups is 1. The van der Waals surface area contributed by atoms with E-state index in [0.29, 0.717) is 5.56 Å². The van der Waals surface area contributed by atoms with Gasteiger partial charge in [-0.1, -0.05) is 36.4 Å². The van der Waals surface area contributed by atoms with Crippen LogP contribution in [0, 0.1) is 0 Å². The number of carboxylic acid groups (broad SMARTS) is 1. The highest BCUT2D eigenvalue weighted by molar-refractivity contribution is 7.54. The van der Waals surface area contributed by atoms with Crippen LogP contribution in [-0.2, 0) is 13.6 Å². The minimum atomic E-state index is -3.52. The van der Waals surface area contributed by atoms with E-state index in [9.17, 15) is 14.5 Å². The average molecular weight is 318 g/mol. The number of hydrogen-bond acceptors (Lipinski definition) is 4. The number of fused-ring (bicyclic) bond motifs is 3. The second kappa shape index (κ2) is 5.36. The van der Waals surface area contributed by atoms with E-state index in [2.05, 4.69) is 0 Å². The number of rotatable bonds is 4. The van der Waals surface area contributed by atoms with Gasteiger partial charge in [0.15, 0.2) is 0 Å². The third kappa shape index (κ3) is 2.02. The highest BCUT2D eigenvalue weighted by atomic mass is 31.2.